The Labute approximate surface area is 312 Å². The minimum absolute atomic E-state index is 0.176. The van der Waals surface area contributed by atoms with E-state index in [1.807, 2.05) is 0 Å². The molecule has 1 fully saturated rings. The molecule has 0 bridgehead atoms. The van der Waals surface area contributed by atoms with Crippen molar-refractivity contribution in [1.29, 1.82) is 0 Å². The lowest BCUT2D eigenvalue weighted by molar-refractivity contribution is -0.203. The number of nitrogens with one attached hydrogen (secondary N) is 1. The molecule has 0 spiro atoms. The molecule has 1 aliphatic heterocycles. The summed E-state index contributed by atoms with van der Waals surface area (Å²) in [5, 5.41) is 3.07. The van der Waals surface area contributed by atoms with Gasteiger partial charge in [-0.1, -0.05) is 0 Å². The van der Waals surface area contributed by atoms with Gasteiger partial charge in [0.05, 0.1) is 41.4 Å². The van der Waals surface area contributed by atoms with Crippen LogP contribution in [0, 0.1) is 11.7 Å². The van der Waals surface area contributed by atoms with Crippen LogP contribution in [0.3, 0.4) is 0 Å². The quantitative estimate of drug-likeness (QED) is 0.108. The highest BCUT2D eigenvalue weighted by molar-refractivity contribution is 7.92. The van der Waals surface area contributed by atoms with E-state index in [0.29, 0.717) is 10.8 Å². The van der Waals surface area contributed by atoms with E-state index in [1.165, 1.54) is 32.2 Å². The number of alkyl halides is 3. The number of halogens is 4. The van der Waals surface area contributed by atoms with Crippen LogP contribution in [0.15, 0.2) is 71.8 Å². The fraction of sp³-hybridized carbons (Fsp3) is 0.324. The van der Waals surface area contributed by atoms with Crippen LogP contribution >= 0.6 is 0 Å². The normalized spacial score (nSPS) is 16.5. The molecule has 3 atom stereocenters. The van der Waals surface area contributed by atoms with Crippen LogP contribution in [-0.2, 0) is 33.7 Å². The van der Waals surface area contributed by atoms with Crippen molar-refractivity contribution in [3.05, 3.63) is 89.4 Å². The molecule has 3 aromatic carbocycles. The van der Waals surface area contributed by atoms with E-state index < -0.39 is 86.8 Å². The Morgan fingerprint density at radius 3 is 2.42 bits per heavy atom. The molecule has 0 unspecified atom stereocenters. The topological polar surface area (TPSA) is 184 Å². The van der Waals surface area contributed by atoms with Crippen molar-refractivity contribution in [2.75, 3.05) is 31.3 Å². The number of carbonyl (C=O) groups excluding carboxylic acids is 4. The largest absolute Gasteiger partial charge is 0.494 e. The molecular formula is C37H36F4N4O9S. The van der Waals surface area contributed by atoms with Crippen molar-refractivity contribution in [2.24, 2.45) is 5.92 Å². The number of esters is 3. The number of pyridine rings is 1. The summed E-state index contributed by atoms with van der Waals surface area (Å²) in [5.74, 6) is -8.72. The Morgan fingerprint density at radius 1 is 1.04 bits per heavy atom. The molecular weight excluding hydrogens is 752 g/mol. The zero-order valence-electron chi connectivity index (χ0n) is 29.8. The van der Waals surface area contributed by atoms with Crippen molar-refractivity contribution >= 4 is 55.9 Å². The highest BCUT2D eigenvalue weighted by Gasteiger charge is 2.50. The van der Waals surface area contributed by atoms with E-state index in [2.05, 4.69) is 15.0 Å². The number of nitrogens with zero attached hydrogens (tertiary/aromatic N) is 2. The Balaban J connectivity index is 1.72. The molecule has 55 heavy (non-hydrogen) atoms. The number of hydrogen-bond acceptors (Lipinski definition) is 12. The van der Waals surface area contributed by atoms with Gasteiger partial charge < -0.3 is 30.2 Å². The van der Waals surface area contributed by atoms with Gasteiger partial charge in [-0.25, -0.2) is 27.4 Å². The van der Waals surface area contributed by atoms with Crippen LogP contribution in [0.4, 0.5) is 29.1 Å². The summed E-state index contributed by atoms with van der Waals surface area (Å²) in [6.45, 7) is 4.13. The van der Waals surface area contributed by atoms with Gasteiger partial charge in [0, 0.05) is 29.4 Å². The summed E-state index contributed by atoms with van der Waals surface area (Å²) in [4.78, 5) is 57.5. The van der Waals surface area contributed by atoms with Crippen LogP contribution < -0.4 is 15.8 Å². The summed E-state index contributed by atoms with van der Waals surface area (Å²) >= 11 is 0. The first-order valence-electron chi connectivity index (χ1n) is 16.8. The number of carbonyl (C=O) groups is 4. The third-order valence-electron chi connectivity index (χ3n) is 9.03. The third kappa shape index (κ3) is 8.33. The molecule has 3 N–H and O–H groups in total. The van der Waals surface area contributed by atoms with Crippen molar-refractivity contribution in [3.8, 4) is 5.75 Å². The molecule has 1 aromatic heterocycles. The molecule has 1 aliphatic rings. The zero-order valence-corrected chi connectivity index (χ0v) is 30.7. The van der Waals surface area contributed by atoms with Crippen LogP contribution in [0.2, 0.25) is 0 Å². The molecule has 13 nitrogen and oxygen atoms in total. The Hall–Kier alpha value is -5.78. The molecule has 292 valence electrons. The number of fused-ring (bicyclic) bond motifs is 1. The predicted molar refractivity (Wildman–Crippen MR) is 190 cm³/mol. The number of aromatic nitrogens is 1. The second-order valence-corrected chi connectivity index (χ2v) is 15.2. The second kappa shape index (κ2) is 15.9. The van der Waals surface area contributed by atoms with Gasteiger partial charge in [-0.05, 0) is 98.8 Å². The number of likely N-dealkylation sites (tertiary alicyclic amines) is 1. The molecule has 0 saturated carbocycles. The van der Waals surface area contributed by atoms with Crippen molar-refractivity contribution in [1.82, 2.24) is 9.88 Å². The van der Waals surface area contributed by atoms with Gasteiger partial charge in [-0.3, -0.25) is 9.59 Å². The standard InChI is InChI=1S/C37H36F4N4O9S/c1-5-53-23-8-10-28(38)26(18-23)30(44-22-7-9-24-20(16-22)12-14-43-32(24)42)33(46)45-15-13-25(35(48)54-36(49)37(39,40)41)31(45)27-17-21(34(47)52-4)6-11-29(27)55(50,51)19(2)3/h6-12,14,16-19,25,30-31,44H,5,13,15H2,1-4H3,(H2,42,43)/t25-,30+,31+/m0/s1. The van der Waals surface area contributed by atoms with Crippen molar-refractivity contribution in [2.45, 2.75) is 55.6 Å². The van der Waals surface area contributed by atoms with Gasteiger partial charge in [0.1, 0.15) is 23.4 Å². The van der Waals surface area contributed by atoms with E-state index in [1.54, 1.807) is 31.2 Å². The molecule has 5 rings (SSSR count). The average molecular weight is 789 g/mol. The molecule has 4 aromatic rings. The maximum absolute atomic E-state index is 15.8. The lowest BCUT2D eigenvalue weighted by Gasteiger charge is -2.33. The molecule has 1 amide bonds. The number of nitrogens with two attached hydrogens (primary N) is 1. The van der Waals surface area contributed by atoms with E-state index in [4.69, 9.17) is 15.2 Å². The predicted octanol–water partition coefficient (Wildman–Crippen LogP) is 5.70. The molecule has 18 heteroatoms. The van der Waals surface area contributed by atoms with Crippen molar-refractivity contribution < 1.29 is 59.4 Å². The fourth-order valence-electron chi connectivity index (χ4n) is 6.33. The number of sulfone groups is 1. The molecule has 0 aliphatic carbocycles. The van der Waals surface area contributed by atoms with Gasteiger partial charge >= 0.3 is 24.1 Å². The fourth-order valence-corrected chi connectivity index (χ4v) is 7.60. The van der Waals surface area contributed by atoms with Gasteiger partial charge in [-0.2, -0.15) is 13.2 Å². The van der Waals surface area contributed by atoms with Crippen molar-refractivity contribution in [3.63, 3.8) is 0 Å². The zero-order chi connectivity index (χ0) is 40.4. The van der Waals surface area contributed by atoms with E-state index >= 15 is 4.39 Å². The first kappa shape index (κ1) is 40.4. The number of anilines is 2. The first-order chi connectivity index (χ1) is 25.9. The Kier molecular flexibility index (Phi) is 11.7. The minimum atomic E-state index is -5.57. The van der Waals surface area contributed by atoms with E-state index in [-0.39, 0.29) is 40.6 Å². The third-order valence-corrected chi connectivity index (χ3v) is 11.3. The highest BCUT2D eigenvalue weighted by atomic mass is 32.2. The average Bonchev–Trinajstić information content (AvgIpc) is 3.59. The summed E-state index contributed by atoms with van der Waals surface area (Å²) < 4.78 is 97.8. The van der Waals surface area contributed by atoms with E-state index in [9.17, 15) is 40.8 Å². The molecule has 0 radical (unpaired) electrons. The monoisotopic (exact) mass is 788 g/mol. The van der Waals surface area contributed by atoms with Gasteiger partial charge in [-0.15, -0.1) is 0 Å². The van der Waals surface area contributed by atoms with Crippen LogP contribution in [-0.4, -0.2) is 73.8 Å². The summed E-state index contributed by atoms with van der Waals surface area (Å²) in [6.07, 6.45) is -4.55. The lowest BCUT2D eigenvalue weighted by atomic mass is 9.91. The molecule has 1 saturated heterocycles. The van der Waals surface area contributed by atoms with Gasteiger partial charge in [0.2, 0.25) is 5.91 Å². The second-order valence-electron chi connectivity index (χ2n) is 12.7. The number of benzene rings is 3. The van der Waals surface area contributed by atoms with Gasteiger partial charge in [0.15, 0.2) is 9.84 Å². The molecule has 2 heterocycles. The van der Waals surface area contributed by atoms with Crippen LogP contribution in [0.5, 0.6) is 5.75 Å². The number of rotatable bonds is 11. The first-order valence-corrected chi connectivity index (χ1v) is 18.4. The maximum Gasteiger partial charge on any atom is 0.491 e. The van der Waals surface area contributed by atoms with Crippen LogP contribution in [0.25, 0.3) is 10.8 Å². The van der Waals surface area contributed by atoms with E-state index in [0.717, 1.165) is 36.3 Å². The van der Waals surface area contributed by atoms with Gasteiger partial charge in [0.25, 0.3) is 0 Å². The lowest BCUT2D eigenvalue weighted by Crippen LogP contribution is -2.41. The smallest absolute Gasteiger partial charge is 0.491 e. The summed E-state index contributed by atoms with van der Waals surface area (Å²) in [6, 6.07) is 9.88. The number of amides is 1. The maximum atomic E-state index is 15.8. The van der Waals surface area contributed by atoms with Crippen LogP contribution in [0.1, 0.15) is 60.8 Å². The SMILES string of the molecule is CCOc1ccc(F)c([C@@H](Nc2ccc3c(N)nccc3c2)C(=O)N2CC[C@H](C(=O)OC(=O)C(F)(F)F)[C@@H]2c2cc(C(=O)OC)ccc2S(=O)(=O)C(C)C)c1. The summed E-state index contributed by atoms with van der Waals surface area (Å²) in [7, 11) is -3.25. The minimum Gasteiger partial charge on any atom is -0.494 e. The summed E-state index contributed by atoms with van der Waals surface area (Å²) in [5.41, 5.74) is 5.46. The number of ether oxygens (including phenoxy) is 3. The number of methoxy groups -OCH3 is 1. The number of nitrogen functional groups attached to an aromatic ring is 1. The number of hydrogen-bond donors (Lipinski definition) is 2. The highest BCUT2D eigenvalue weighted by Crippen LogP contribution is 2.44. The Bertz CT molecular complexity index is 2270. The Morgan fingerprint density at radius 2 is 1.76 bits per heavy atom.